The number of nitrogens with zero attached hydrogens (tertiary/aromatic N) is 3. The molecule has 8 nitrogen and oxygen atoms in total. The average molecular weight is 310 g/mol. The third kappa shape index (κ3) is 3.63. The molecule has 1 rings (SSSR count). The van der Waals surface area contributed by atoms with Crippen molar-refractivity contribution in [3.63, 3.8) is 0 Å². The molecule has 0 spiro atoms. The quantitative estimate of drug-likeness (QED) is 0.578. The topological polar surface area (TPSA) is 106 Å². The molecule has 0 saturated carbocycles. The normalized spacial score (nSPS) is 11.5. The van der Waals surface area contributed by atoms with Gasteiger partial charge < -0.3 is 5.11 Å². The number of hydrogen-bond acceptors (Lipinski definition) is 5. The SMILES string of the molecule is CCCCC(=O)NN=C(CC)c1c(O)n(C)c(=O)n(C)c1=O. The third-order valence-electron chi connectivity index (χ3n) is 3.33. The standard InChI is InChI=1S/C14H22N4O4/c1-5-7-8-10(19)16-15-9(6-2)11-12(20)17(3)14(22)18(4)13(11)21/h20H,5-8H2,1-4H3,(H,16,19). The summed E-state index contributed by atoms with van der Waals surface area (Å²) < 4.78 is 1.85. The van der Waals surface area contributed by atoms with Gasteiger partial charge in [0.25, 0.3) is 5.56 Å². The zero-order valence-corrected chi connectivity index (χ0v) is 13.3. The number of aromatic nitrogens is 2. The minimum absolute atomic E-state index is 0.0807. The van der Waals surface area contributed by atoms with Gasteiger partial charge in [0, 0.05) is 20.5 Å². The molecule has 0 fully saturated rings. The van der Waals surface area contributed by atoms with Crippen molar-refractivity contribution in [3.8, 4) is 5.88 Å². The van der Waals surface area contributed by atoms with Crippen molar-refractivity contribution in [2.24, 2.45) is 19.2 Å². The molecule has 0 atom stereocenters. The van der Waals surface area contributed by atoms with E-state index in [-0.39, 0.29) is 17.2 Å². The van der Waals surface area contributed by atoms with Crippen LogP contribution in [0.3, 0.4) is 0 Å². The Morgan fingerprint density at radius 1 is 1.23 bits per heavy atom. The minimum atomic E-state index is -0.649. The second kappa shape index (κ2) is 7.58. The van der Waals surface area contributed by atoms with E-state index in [1.807, 2.05) is 6.92 Å². The molecule has 22 heavy (non-hydrogen) atoms. The van der Waals surface area contributed by atoms with Crippen LogP contribution >= 0.6 is 0 Å². The first kappa shape index (κ1) is 17.7. The summed E-state index contributed by atoms with van der Waals surface area (Å²) in [6.07, 6.45) is 2.29. The van der Waals surface area contributed by atoms with Crippen molar-refractivity contribution in [2.45, 2.75) is 39.5 Å². The first-order valence-electron chi connectivity index (χ1n) is 7.19. The maximum atomic E-state index is 12.2. The summed E-state index contributed by atoms with van der Waals surface area (Å²) in [5.74, 6) is -0.717. The first-order valence-corrected chi connectivity index (χ1v) is 7.19. The van der Waals surface area contributed by atoms with Gasteiger partial charge in [-0.15, -0.1) is 0 Å². The van der Waals surface area contributed by atoms with Crippen molar-refractivity contribution < 1.29 is 9.90 Å². The van der Waals surface area contributed by atoms with Crippen LogP contribution < -0.4 is 16.7 Å². The number of nitrogens with one attached hydrogen (secondary N) is 1. The fourth-order valence-corrected chi connectivity index (χ4v) is 1.92. The van der Waals surface area contributed by atoms with Crippen LogP contribution in [0.2, 0.25) is 0 Å². The number of unbranched alkanes of at least 4 members (excludes halogenated alkanes) is 1. The number of amides is 1. The highest BCUT2D eigenvalue weighted by Gasteiger charge is 2.19. The van der Waals surface area contributed by atoms with Crippen molar-refractivity contribution in [1.82, 2.24) is 14.6 Å². The van der Waals surface area contributed by atoms with E-state index in [2.05, 4.69) is 10.5 Å². The van der Waals surface area contributed by atoms with Gasteiger partial charge in [-0.2, -0.15) is 5.10 Å². The van der Waals surface area contributed by atoms with Crippen molar-refractivity contribution in [1.29, 1.82) is 0 Å². The summed E-state index contributed by atoms with van der Waals surface area (Å²) in [7, 11) is 2.68. The Balaban J connectivity index is 3.24. The zero-order valence-electron chi connectivity index (χ0n) is 13.3. The highest BCUT2D eigenvalue weighted by molar-refractivity contribution is 6.02. The van der Waals surface area contributed by atoms with Gasteiger partial charge in [-0.1, -0.05) is 20.3 Å². The molecule has 1 amide bonds. The molecule has 1 heterocycles. The molecule has 8 heteroatoms. The maximum Gasteiger partial charge on any atom is 0.333 e. The molecule has 2 N–H and O–H groups in total. The summed E-state index contributed by atoms with van der Waals surface area (Å²) in [6, 6.07) is 0. The minimum Gasteiger partial charge on any atom is -0.494 e. The van der Waals surface area contributed by atoms with Crippen molar-refractivity contribution in [3.05, 3.63) is 26.4 Å². The molecular formula is C14H22N4O4. The largest absolute Gasteiger partial charge is 0.494 e. The Hall–Kier alpha value is -2.38. The first-order chi connectivity index (χ1) is 10.3. The Morgan fingerprint density at radius 3 is 2.41 bits per heavy atom. The Labute approximate surface area is 128 Å². The van der Waals surface area contributed by atoms with Crippen LogP contribution in [-0.4, -0.2) is 25.9 Å². The second-order valence-electron chi connectivity index (χ2n) is 4.95. The van der Waals surface area contributed by atoms with Crippen LogP contribution in [-0.2, 0) is 18.9 Å². The molecule has 0 saturated heterocycles. The van der Waals surface area contributed by atoms with E-state index in [4.69, 9.17) is 0 Å². The van der Waals surface area contributed by atoms with E-state index in [9.17, 15) is 19.5 Å². The zero-order chi connectivity index (χ0) is 16.9. The van der Waals surface area contributed by atoms with Crippen LogP contribution in [0.15, 0.2) is 14.7 Å². The Kier molecular flexibility index (Phi) is 6.09. The van der Waals surface area contributed by atoms with Gasteiger partial charge in [-0.3, -0.25) is 18.7 Å². The van der Waals surface area contributed by atoms with E-state index < -0.39 is 17.1 Å². The second-order valence-corrected chi connectivity index (χ2v) is 4.95. The van der Waals surface area contributed by atoms with Crippen LogP contribution in [0.5, 0.6) is 5.88 Å². The monoisotopic (exact) mass is 310 g/mol. The molecule has 0 aliphatic rings. The van der Waals surface area contributed by atoms with E-state index >= 15 is 0 Å². The Morgan fingerprint density at radius 2 is 1.86 bits per heavy atom. The van der Waals surface area contributed by atoms with E-state index in [0.717, 1.165) is 22.0 Å². The lowest BCUT2D eigenvalue weighted by atomic mass is 10.1. The predicted octanol–water partition coefficient (Wildman–Crippen LogP) is 0.210. The maximum absolute atomic E-state index is 12.2. The molecule has 1 aromatic rings. The van der Waals surface area contributed by atoms with Gasteiger partial charge >= 0.3 is 5.69 Å². The van der Waals surface area contributed by atoms with Crippen molar-refractivity contribution >= 4 is 11.6 Å². The summed E-state index contributed by atoms with van der Waals surface area (Å²) in [6.45, 7) is 3.71. The van der Waals surface area contributed by atoms with Gasteiger partial charge in [0.15, 0.2) is 0 Å². The molecule has 0 aromatic carbocycles. The number of aromatic hydroxyl groups is 1. The van der Waals surface area contributed by atoms with Gasteiger partial charge in [-0.05, 0) is 12.8 Å². The summed E-state index contributed by atoms with van der Waals surface area (Å²) in [4.78, 5) is 35.5. The lowest BCUT2D eigenvalue weighted by molar-refractivity contribution is -0.121. The van der Waals surface area contributed by atoms with Crippen LogP contribution in [0.1, 0.15) is 45.1 Å². The molecular weight excluding hydrogens is 288 g/mol. The fraction of sp³-hybridized carbons (Fsp3) is 0.571. The van der Waals surface area contributed by atoms with E-state index in [1.54, 1.807) is 6.92 Å². The summed E-state index contributed by atoms with van der Waals surface area (Å²) in [5.41, 5.74) is 1.24. The summed E-state index contributed by atoms with van der Waals surface area (Å²) >= 11 is 0. The van der Waals surface area contributed by atoms with E-state index in [0.29, 0.717) is 12.8 Å². The summed E-state index contributed by atoms with van der Waals surface area (Å²) in [5, 5.41) is 14.0. The number of carbonyl (C=O) groups excluding carboxylic acids is 1. The molecule has 0 aliphatic carbocycles. The molecule has 0 radical (unpaired) electrons. The lowest BCUT2D eigenvalue weighted by Gasteiger charge is -2.11. The lowest BCUT2D eigenvalue weighted by Crippen LogP contribution is -2.40. The molecule has 1 aromatic heterocycles. The number of hydrogen-bond donors (Lipinski definition) is 2. The highest BCUT2D eigenvalue weighted by atomic mass is 16.3. The smallest absolute Gasteiger partial charge is 0.333 e. The average Bonchev–Trinajstić information content (AvgIpc) is 2.52. The van der Waals surface area contributed by atoms with Crippen molar-refractivity contribution in [2.75, 3.05) is 0 Å². The highest BCUT2D eigenvalue weighted by Crippen LogP contribution is 2.11. The third-order valence-corrected chi connectivity index (χ3v) is 3.33. The molecule has 0 aliphatic heterocycles. The number of rotatable bonds is 6. The Bertz CT molecular complexity index is 700. The van der Waals surface area contributed by atoms with Gasteiger partial charge in [0.05, 0.1) is 5.71 Å². The van der Waals surface area contributed by atoms with Gasteiger partial charge in [0.1, 0.15) is 5.56 Å². The fourth-order valence-electron chi connectivity index (χ4n) is 1.92. The number of hydrazone groups is 1. The molecule has 0 unspecified atom stereocenters. The van der Waals surface area contributed by atoms with Gasteiger partial charge in [0.2, 0.25) is 11.8 Å². The van der Waals surface area contributed by atoms with Crippen LogP contribution in [0, 0.1) is 0 Å². The van der Waals surface area contributed by atoms with E-state index in [1.165, 1.54) is 14.1 Å². The van der Waals surface area contributed by atoms with Gasteiger partial charge in [-0.25, -0.2) is 10.2 Å². The molecule has 0 bridgehead atoms. The molecule has 122 valence electrons. The van der Waals surface area contributed by atoms with Crippen LogP contribution in [0.4, 0.5) is 0 Å². The number of carbonyl (C=O) groups is 1. The van der Waals surface area contributed by atoms with Crippen LogP contribution in [0.25, 0.3) is 0 Å². The predicted molar refractivity (Wildman–Crippen MR) is 83.1 cm³/mol.